The molecule has 2 N–H and O–H groups in total. The van der Waals surface area contributed by atoms with Crippen molar-refractivity contribution in [2.24, 2.45) is 0 Å². The Hall–Kier alpha value is -1.91. The number of nitrogens with one attached hydrogen (secondary N) is 2. The van der Waals surface area contributed by atoms with Crippen LogP contribution in [0.25, 0.3) is 0 Å². The van der Waals surface area contributed by atoms with E-state index in [-0.39, 0.29) is 18.1 Å². The predicted molar refractivity (Wildman–Crippen MR) is 72.8 cm³/mol. The molecule has 2 rings (SSSR count). The number of ether oxygens (including phenoxy) is 2. The maximum Gasteiger partial charge on any atom is 0.315 e. The van der Waals surface area contributed by atoms with Crippen molar-refractivity contribution >= 4 is 6.03 Å². The number of methoxy groups -OCH3 is 1. The lowest BCUT2D eigenvalue weighted by Gasteiger charge is -2.26. The molecule has 1 aromatic carbocycles. The van der Waals surface area contributed by atoms with E-state index in [2.05, 4.69) is 10.6 Å². The van der Waals surface area contributed by atoms with Gasteiger partial charge in [0, 0.05) is 6.04 Å². The Balaban J connectivity index is 1.99. The average Bonchev–Trinajstić information content (AvgIpc) is 2.36. The van der Waals surface area contributed by atoms with Crippen LogP contribution in [0.3, 0.4) is 0 Å². The molecule has 19 heavy (non-hydrogen) atoms. The highest BCUT2D eigenvalue weighted by molar-refractivity contribution is 5.74. The second-order valence-electron chi connectivity index (χ2n) is 4.96. The van der Waals surface area contributed by atoms with E-state index < -0.39 is 0 Å². The molecule has 1 heterocycles. The highest BCUT2D eigenvalue weighted by Gasteiger charge is 2.22. The van der Waals surface area contributed by atoms with E-state index in [0.717, 1.165) is 23.5 Å². The summed E-state index contributed by atoms with van der Waals surface area (Å²) in [7, 11) is 1.64. The highest BCUT2D eigenvalue weighted by atomic mass is 16.5. The van der Waals surface area contributed by atoms with E-state index in [1.54, 1.807) is 7.11 Å². The summed E-state index contributed by atoms with van der Waals surface area (Å²) in [4.78, 5) is 11.7. The minimum Gasteiger partial charge on any atom is -0.497 e. The van der Waals surface area contributed by atoms with Gasteiger partial charge in [-0.05, 0) is 44.0 Å². The minimum atomic E-state index is -0.157. The van der Waals surface area contributed by atoms with Crippen LogP contribution in [-0.2, 0) is 6.42 Å². The molecule has 1 atom stereocenters. The quantitative estimate of drug-likeness (QED) is 0.873. The lowest BCUT2D eigenvalue weighted by Crippen LogP contribution is -2.48. The van der Waals surface area contributed by atoms with Gasteiger partial charge in [0.1, 0.15) is 18.1 Å². The Kier molecular flexibility index (Phi) is 4.14. The van der Waals surface area contributed by atoms with Crippen molar-refractivity contribution in [2.45, 2.75) is 32.4 Å². The molecule has 1 aliphatic heterocycles. The van der Waals surface area contributed by atoms with Crippen LogP contribution in [0.4, 0.5) is 4.79 Å². The molecule has 0 saturated carbocycles. The topological polar surface area (TPSA) is 59.6 Å². The zero-order valence-electron chi connectivity index (χ0n) is 11.5. The molecule has 5 heteroatoms. The number of benzene rings is 1. The van der Waals surface area contributed by atoms with Crippen LogP contribution in [-0.4, -0.2) is 31.8 Å². The Morgan fingerprint density at radius 1 is 1.47 bits per heavy atom. The molecule has 1 aliphatic rings. The number of hydrogen-bond acceptors (Lipinski definition) is 3. The van der Waals surface area contributed by atoms with Crippen LogP contribution in [0.1, 0.15) is 19.4 Å². The summed E-state index contributed by atoms with van der Waals surface area (Å²) in [5.41, 5.74) is 1.06. The minimum absolute atomic E-state index is 0.0154. The number of urea groups is 1. The van der Waals surface area contributed by atoms with Crippen molar-refractivity contribution in [3.8, 4) is 11.5 Å². The maximum atomic E-state index is 11.7. The number of fused-ring (bicyclic) bond motifs is 1. The second-order valence-corrected chi connectivity index (χ2v) is 4.96. The van der Waals surface area contributed by atoms with Crippen LogP contribution in [0, 0.1) is 0 Å². The lowest BCUT2D eigenvalue weighted by molar-refractivity contribution is 0.212. The Bertz CT molecular complexity index is 460. The van der Waals surface area contributed by atoms with Crippen molar-refractivity contribution in [1.82, 2.24) is 10.6 Å². The van der Waals surface area contributed by atoms with Gasteiger partial charge >= 0.3 is 6.03 Å². The van der Waals surface area contributed by atoms with E-state index in [1.165, 1.54) is 0 Å². The van der Waals surface area contributed by atoms with E-state index in [9.17, 15) is 4.79 Å². The number of rotatable bonds is 3. The molecule has 0 unspecified atom stereocenters. The Labute approximate surface area is 113 Å². The third kappa shape index (κ3) is 3.53. The summed E-state index contributed by atoms with van der Waals surface area (Å²) in [6.07, 6.45) is 0.748. The largest absolute Gasteiger partial charge is 0.497 e. The summed E-state index contributed by atoms with van der Waals surface area (Å²) in [6, 6.07) is 5.67. The van der Waals surface area contributed by atoms with Gasteiger partial charge in [0.05, 0.1) is 13.2 Å². The molecule has 0 radical (unpaired) electrons. The lowest BCUT2D eigenvalue weighted by atomic mass is 10.0. The average molecular weight is 264 g/mol. The van der Waals surface area contributed by atoms with Crippen LogP contribution in [0.5, 0.6) is 11.5 Å². The van der Waals surface area contributed by atoms with Crippen LogP contribution < -0.4 is 20.1 Å². The first kappa shape index (κ1) is 13.5. The van der Waals surface area contributed by atoms with Crippen molar-refractivity contribution in [2.75, 3.05) is 13.7 Å². The van der Waals surface area contributed by atoms with E-state index in [0.29, 0.717) is 6.61 Å². The molecule has 104 valence electrons. The summed E-state index contributed by atoms with van der Waals surface area (Å²) in [5, 5.41) is 5.72. The molecule has 2 amide bonds. The van der Waals surface area contributed by atoms with E-state index in [4.69, 9.17) is 9.47 Å². The smallest absolute Gasteiger partial charge is 0.315 e. The van der Waals surface area contributed by atoms with Crippen molar-refractivity contribution in [3.05, 3.63) is 23.8 Å². The molecule has 0 spiro atoms. The van der Waals surface area contributed by atoms with Crippen molar-refractivity contribution < 1.29 is 14.3 Å². The zero-order chi connectivity index (χ0) is 13.8. The SMILES string of the molecule is COc1ccc2c(c1)C[C@H](NC(=O)NC(C)C)CO2. The standard InChI is InChI=1S/C14H20N2O3/c1-9(2)15-14(17)16-11-6-10-7-12(18-3)4-5-13(10)19-8-11/h4-5,7,9,11H,6,8H2,1-3H3,(H2,15,16,17)/t11-/m0/s1. The fourth-order valence-electron chi connectivity index (χ4n) is 2.08. The fraction of sp³-hybridized carbons (Fsp3) is 0.500. The molecular formula is C14H20N2O3. The van der Waals surface area contributed by atoms with Crippen LogP contribution in [0.2, 0.25) is 0 Å². The first-order chi connectivity index (χ1) is 9.08. The third-order valence-corrected chi connectivity index (χ3v) is 2.93. The van der Waals surface area contributed by atoms with Crippen molar-refractivity contribution in [1.29, 1.82) is 0 Å². The molecule has 0 bridgehead atoms. The van der Waals surface area contributed by atoms with Crippen molar-refractivity contribution in [3.63, 3.8) is 0 Å². The fourth-order valence-corrected chi connectivity index (χ4v) is 2.08. The first-order valence-electron chi connectivity index (χ1n) is 6.45. The number of hydrogen-bond donors (Lipinski definition) is 2. The molecule has 0 aliphatic carbocycles. The number of carbonyl (C=O) groups is 1. The van der Waals surface area contributed by atoms with Gasteiger partial charge in [-0.1, -0.05) is 0 Å². The summed E-state index contributed by atoms with van der Waals surface area (Å²) >= 11 is 0. The number of carbonyl (C=O) groups excluding carboxylic acids is 1. The Morgan fingerprint density at radius 3 is 2.95 bits per heavy atom. The van der Waals surface area contributed by atoms with Gasteiger partial charge in [0.15, 0.2) is 0 Å². The summed E-state index contributed by atoms with van der Waals surface area (Å²) < 4.78 is 10.8. The first-order valence-corrected chi connectivity index (χ1v) is 6.45. The summed E-state index contributed by atoms with van der Waals surface area (Å²) in [6.45, 7) is 4.35. The van der Waals surface area contributed by atoms with Crippen LogP contribution >= 0.6 is 0 Å². The molecule has 5 nitrogen and oxygen atoms in total. The molecule has 0 saturated heterocycles. The van der Waals surface area contributed by atoms with Gasteiger partial charge in [-0.15, -0.1) is 0 Å². The van der Waals surface area contributed by atoms with Gasteiger partial charge in [0.25, 0.3) is 0 Å². The van der Waals surface area contributed by atoms with Crippen LogP contribution in [0.15, 0.2) is 18.2 Å². The second kappa shape index (κ2) is 5.82. The molecule has 0 fully saturated rings. The van der Waals surface area contributed by atoms with E-state index in [1.807, 2.05) is 32.0 Å². The predicted octanol–water partition coefficient (Wildman–Crippen LogP) is 1.71. The maximum absolute atomic E-state index is 11.7. The third-order valence-electron chi connectivity index (χ3n) is 2.93. The summed E-state index contributed by atoms with van der Waals surface area (Å²) in [5.74, 6) is 1.66. The monoisotopic (exact) mass is 264 g/mol. The molecular weight excluding hydrogens is 244 g/mol. The molecule has 1 aromatic rings. The van der Waals surface area contributed by atoms with Gasteiger partial charge in [-0.25, -0.2) is 4.79 Å². The van der Waals surface area contributed by atoms with Gasteiger partial charge in [0.2, 0.25) is 0 Å². The van der Waals surface area contributed by atoms with Gasteiger partial charge in [-0.3, -0.25) is 0 Å². The normalized spacial score (nSPS) is 17.4. The zero-order valence-corrected chi connectivity index (χ0v) is 11.5. The van der Waals surface area contributed by atoms with E-state index >= 15 is 0 Å². The number of amides is 2. The van der Waals surface area contributed by atoms with Gasteiger partial charge in [-0.2, -0.15) is 0 Å². The Morgan fingerprint density at radius 2 is 2.26 bits per heavy atom. The highest BCUT2D eigenvalue weighted by Crippen LogP contribution is 2.28. The molecule has 0 aromatic heterocycles. The van der Waals surface area contributed by atoms with Gasteiger partial charge < -0.3 is 20.1 Å².